The number of piperazine rings is 1. The SMILES string of the molecule is Cc1oc(NC(=O)CN2CCN(c3ccc([N+](=O)[O-])cc3)CC2)c(C#N)c1C. The summed E-state index contributed by atoms with van der Waals surface area (Å²) in [5.74, 6) is 0.588. The minimum atomic E-state index is -0.417. The van der Waals surface area contributed by atoms with Gasteiger partial charge in [-0.2, -0.15) is 5.26 Å². The molecule has 2 aromatic rings. The lowest BCUT2D eigenvalue weighted by atomic mass is 10.2. The second-order valence-electron chi connectivity index (χ2n) is 6.68. The summed E-state index contributed by atoms with van der Waals surface area (Å²) in [6.07, 6.45) is 0. The van der Waals surface area contributed by atoms with Crippen molar-refractivity contribution in [1.29, 1.82) is 5.26 Å². The van der Waals surface area contributed by atoms with Crippen molar-refractivity contribution >= 4 is 23.2 Å². The van der Waals surface area contributed by atoms with Gasteiger partial charge in [0.05, 0.1) is 11.5 Å². The lowest BCUT2D eigenvalue weighted by Crippen LogP contribution is -2.48. The van der Waals surface area contributed by atoms with Crippen LogP contribution in [0.4, 0.5) is 17.3 Å². The van der Waals surface area contributed by atoms with Gasteiger partial charge in [-0.05, 0) is 26.0 Å². The van der Waals surface area contributed by atoms with Crippen LogP contribution in [0.15, 0.2) is 28.7 Å². The van der Waals surface area contributed by atoms with Crippen molar-refractivity contribution in [3.8, 4) is 6.07 Å². The number of carbonyl (C=O) groups is 1. The van der Waals surface area contributed by atoms with Crippen LogP contribution in [-0.2, 0) is 4.79 Å². The molecule has 1 aliphatic heterocycles. The molecule has 0 radical (unpaired) electrons. The number of nitrogens with one attached hydrogen (secondary N) is 1. The smallest absolute Gasteiger partial charge is 0.269 e. The molecule has 9 nitrogen and oxygen atoms in total. The van der Waals surface area contributed by atoms with Crippen molar-refractivity contribution in [3.05, 3.63) is 51.3 Å². The van der Waals surface area contributed by atoms with E-state index in [1.165, 1.54) is 12.1 Å². The lowest BCUT2D eigenvalue weighted by Gasteiger charge is -2.35. The normalized spacial score (nSPS) is 14.5. The molecule has 0 atom stereocenters. The molecule has 0 aliphatic carbocycles. The number of benzene rings is 1. The zero-order valence-electron chi connectivity index (χ0n) is 15.8. The summed E-state index contributed by atoms with van der Waals surface area (Å²) in [7, 11) is 0. The average Bonchev–Trinajstić information content (AvgIpc) is 2.95. The number of hydrogen-bond acceptors (Lipinski definition) is 7. The minimum Gasteiger partial charge on any atom is -0.444 e. The van der Waals surface area contributed by atoms with Crippen LogP contribution < -0.4 is 10.2 Å². The van der Waals surface area contributed by atoms with Crippen LogP contribution >= 0.6 is 0 Å². The monoisotopic (exact) mass is 383 g/mol. The van der Waals surface area contributed by atoms with Crippen molar-refractivity contribution in [2.24, 2.45) is 0 Å². The summed E-state index contributed by atoms with van der Waals surface area (Å²) in [6.45, 7) is 6.55. The van der Waals surface area contributed by atoms with Gasteiger partial charge in [-0.3, -0.25) is 25.1 Å². The maximum atomic E-state index is 12.3. The Bertz CT molecular complexity index is 921. The van der Waals surface area contributed by atoms with Crippen molar-refractivity contribution in [1.82, 2.24) is 4.90 Å². The largest absolute Gasteiger partial charge is 0.444 e. The molecular formula is C19H21N5O4. The maximum Gasteiger partial charge on any atom is 0.269 e. The molecule has 2 heterocycles. The standard InChI is InChI=1S/C19H21N5O4/c1-13-14(2)28-19(17(13)11-20)21-18(25)12-22-7-9-23(10-8-22)15-3-5-16(6-4-15)24(26)27/h3-6H,7-10,12H2,1-2H3,(H,21,25). The van der Waals surface area contributed by atoms with Crippen molar-refractivity contribution < 1.29 is 14.1 Å². The topological polar surface area (TPSA) is 116 Å². The molecule has 3 rings (SSSR count). The van der Waals surface area contributed by atoms with Gasteiger partial charge >= 0.3 is 0 Å². The third kappa shape index (κ3) is 4.13. The second-order valence-corrected chi connectivity index (χ2v) is 6.68. The van der Waals surface area contributed by atoms with E-state index in [1.54, 1.807) is 26.0 Å². The summed E-state index contributed by atoms with van der Waals surface area (Å²) in [5, 5.41) is 22.6. The predicted octanol–water partition coefficient (Wildman–Crippen LogP) is 2.44. The fourth-order valence-corrected chi connectivity index (χ4v) is 3.17. The molecule has 1 fully saturated rings. The number of nitriles is 1. The predicted molar refractivity (Wildman–Crippen MR) is 103 cm³/mol. The van der Waals surface area contributed by atoms with E-state index in [0.717, 1.165) is 11.3 Å². The third-order valence-electron chi connectivity index (χ3n) is 4.92. The van der Waals surface area contributed by atoms with Gasteiger partial charge in [-0.15, -0.1) is 0 Å². The van der Waals surface area contributed by atoms with Gasteiger partial charge in [0, 0.05) is 49.6 Å². The summed E-state index contributed by atoms with van der Waals surface area (Å²) in [4.78, 5) is 26.8. The highest BCUT2D eigenvalue weighted by atomic mass is 16.6. The van der Waals surface area contributed by atoms with Crippen LogP contribution in [0, 0.1) is 35.3 Å². The first-order chi connectivity index (χ1) is 13.4. The quantitative estimate of drug-likeness (QED) is 0.623. The number of rotatable bonds is 5. The van der Waals surface area contributed by atoms with E-state index in [9.17, 15) is 20.2 Å². The lowest BCUT2D eigenvalue weighted by molar-refractivity contribution is -0.384. The number of carbonyl (C=O) groups excluding carboxylic acids is 1. The van der Waals surface area contributed by atoms with Crippen LogP contribution in [0.1, 0.15) is 16.9 Å². The third-order valence-corrected chi connectivity index (χ3v) is 4.92. The Labute approximate surface area is 162 Å². The van der Waals surface area contributed by atoms with E-state index >= 15 is 0 Å². The minimum absolute atomic E-state index is 0.0687. The Balaban J connectivity index is 1.53. The van der Waals surface area contributed by atoms with Crippen LogP contribution in [0.5, 0.6) is 0 Å². The van der Waals surface area contributed by atoms with E-state index in [2.05, 4.69) is 16.3 Å². The first kappa shape index (κ1) is 19.4. The molecule has 28 heavy (non-hydrogen) atoms. The van der Waals surface area contributed by atoms with Crippen molar-refractivity contribution in [2.45, 2.75) is 13.8 Å². The molecule has 146 valence electrons. The number of nitro benzene ring substituents is 1. The van der Waals surface area contributed by atoms with E-state index in [0.29, 0.717) is 37.5 Å². The van der Waals surface area contributed by atoms with Gasteiger partial charge in [0.2, 0.25) is 11.8 Å². The zero-order valence-corrected chi connectivity index (χ0v) is 15.8. The summed E-state index contributed by atoms with van der Waals surface area (Å²) < 4.78 is 5.47. The average molecular weight is 383 g/mol. The Kier molecular flexibility index (Phi) is 5.61. The molecule has 1 saturated heterocycles. The second kappa shape index (κ2) is 8.10. The molecule has 0 spiro atoms. The van der Waals surface area contributed by atoms with Gasteiger partial charge in [-0.25, -0.2) is 0 Å². The summed E-state index contributed by atoms with van der Waals surface area (Å²) >= 11 is 0. The number of aryl methyl sites for hydroxylation is 1. The number of non-ortho nitro benzene ring substituents is 1. The molecule has 0 unspecified atom stereocenters. The summed E-state index contributed by atoms with van der Waals surface area (Å²) in [5.41, 5.74) is 2.08. The number of nitro groups is 1. The molecule has 1 amide bonds. The van der Waals surface area contributed by atoms with E-state index < -0.39 is 4.92 Å². The molecule has 9 heteroatoms. The van der Waals surface area contributed by atoms with Gasteiger partial charge < -0.3 is 9.32 Å². The maximum absolute atomic E-state index is 12.3. The van der Waals surface area contributed by atoms with Crippen LogP contribution in [0.2, 0.25) is 0 Å². The van der Waals surface area contributed by atoms with E-state index in [4.69, 9.17) is 4.42 Å². The molecular weight excluding hydrogens is 362 g/mol. The highest BCUT2D eigenvalue weighted by molar-refractivity contribution is 5.92. The van der Waals surface area contributed by atoms with Gasteiger partial charge in [0.25, 0.3) is 5.69 Å². The highest BCUT2D eigenvalue weighted by Gasteiger charge is 2.22. The van der Waals surface area contributed by atoms with Gasteiger partial charge in [-0.1, -0.05) is 0 Å². The summed E-state index contributed by atoms with van der Waals surface area (Å²) in [6, 6.07) is 8.53. The first-order valence-corrected chi connectivity index (χ1v) is 8.90. The van der Waals surface area contributed by atoms with Gasteiger partial charge in [0.15, 0.2) is 0 Å². The number of amides is 1. The van der Waals surface area contributed by atoms with Crippen LogP contribution in [-0.4, -0.2) is 48.5 Å². The zero-order chi connectivity index (χ0) is 20.3. The number of anilines is 2. The molecule has 0 saturated carbocycles. The number of furan rings is 1. The molecule has 1 aliphatic rings. The van der Waals surface area contributed by atoms with E-state index in [1.807, 2.05) is 4.90 Å². The Morgan fingerprint density at radius 1 is 1.25 bits per heavy atom. The molecule has 1 aromatic heterocycles. The number of nitrogens with zero attached hydrogens (tertiary/aromatic N) is 4. The van der Waals surface area contributed by atoms with E-state index in [-0.39, 0.29) is 24.0 Å². The number of hydrogen-bond donors (Lipinski definition) is 1. The van der Waals surface area contributed by atoms with Crippen LogP contribution in [0.25, 0.3) is 0 Å². The molecule has 0 bridgehead atoms. The fourth-order valence-electron chi connectivity index (χ4n) is 3.17. The van der Waals surface area contributed by atoms with Crippen molar-refractivity contribution in [3.63, 3.8) is 0 Å². The Hall–Kier alpha value is -3.38. The Morgan fingerprint density at radius 2 is 1.89 bits per heavy atom. The fraction of sp³-hybridized carbons (Fsp3) is 0.368. The molecule has 1 aromatic carbocycles. The highest BCUT2D eigenvalue weighted by Crippen LogP contribution is 2.25. The van der Waals surface area contributed by atoms with Crippen LogP contribution in [0.3, 0.4) is 0 Å². The molecule has 1 N–H and O–H groups in total. The van der Waals surface area contributed by atoms with Gasteiger partial charge in [0.1, 0.15) is 17.4 Å². The van der Waals surface area contributed by atoms with Crippen molar-refractivity contribution in [2.75, 3.05) is 42.9 Å². The first-order valence-electron chi connectivity index (χ1n) is 8.90. The Morgan fingerprint density at radius 3 is 2.46 bits per heavy atom.